The predicted octanol–water partition coefficient (Wildman–Crippen LogP) is 6.75. The molecule has 0 aromatic heterocycles. The molecule has 0 saturated carbocycles. The number of halogens is 4. The third kappa shape index (κ3) is 4.81. The summed E-state index contributed by atoms with van der Waals surface area (Å²) >= 11 is 12.5. The van der Waals surface area contributed by atoms with E-state index in [1.54, 1.807) is 12.1 Å². The number of carbonyl (C=O) groups is 2. The maximum Gasteiger partial charge on any atom is 0.300 e. The van der Waals surface area contributed by atoms with Gasteiger partial charge in [0.25, 0.3) is 11.7 Å². The van der Waals surface area contributed by atoms with Crippen molar-refractivity contribution in [1.82, 2.24) is 0 Å². The summed E-state index contributed by atoms with van der Waals surface area (Å²) in [5.41, 5.74) is 1.16. The van der Waals surface area contributed by atoms with Crippen LogP contribution in [0.15, 0.2) is 60.2 Å². The number of anilines is 2. The average molecular weight is 561 g/mol. The van der Waals surface area contributed by atoms with E-state index in [4.69, 9.17) is 27.9 Å². The van der Waals surface area contributed by atoms with Gasteiger partial charge in [-0.25, -0.2) is 8.78 Å². The van der Waals surface area contributed by atoms with Crippen LogP contribution in [0.3, 0.4) is 0 Å². The summed E-state index contributed by atoms with van der Waals surface area (Å²) in [6.45, 7) is 5.56. The monoisotopic (exact) mass is 560 g/mol. The Balaban J connectivity index is 1.94. The first-order valence-electron chi connectivity index (χ1n) is 11.8. The fraction of sp³-hybridized carbons (Fsp3) is 0.214. The maximum absolute atomic E-state index is 14.2. The second kappa shape index (κ2) is 11.0. The highest BCUT2D eigenvalue weighted by Crippen LogP contribution is 2.44. The van der Waals surface area contributed by atoms with E-state index in [2.05, 4.69) is 4.90 Å². The van der Waals surface area contributed by atoms with Crippen molar-refractivity contribution in [1.29, 1.82) is 0 Å². The first-order valence-corrected chi connectivity index (χ1v) is 12.5. The zero-order valence-corrected chi connectivity index (χ0v) is 22.3. The Morgan fingerprint density at radius 1 is 0.974 bits per heavy atom. The highest BCUT2D eigenvalue weighted by atomic mass is 35.5. The Morgan fingerprint density at radius 2 is 1.58 bits per heavy atom. The highest BCUT2D eigenvalue weighted by Gasteiger charge is 2.47. The summed E-state index contributed by atoms with van der Waals surface area (Å²) in [5.74, 6) is -4.66. The maximum atomic E-state index is 14.2. The van der Waals surface area contributed by atoms with E-state index < -0.39 is 35.1 Å². The summed E-state index contributed by atoms with van der Waals surface area (Å²) in [5, 5.41) is 11.5. The van der Waals surface area contributed by atoms with E-state index in [0.29, 0.717) is 5.56 Å². The van der Waals surface area contributed by atoms with Crippen molar-refractivity contribution in [3.05, 3.63) is 93.0 Å². The molecule has 1 unspecified atom stereocenters. The van der Waals surface area contributed by atoms with Crippen LogP contribution in [0.4, 0.5) is 20.2 Å². The van der Waals surface area contributed by atoms with Gasteiger partial charge in [0.05, 0.1) is 28.8 Å². The number of Topliss-reactive ketones (excluding diaryl/α,β-unsaturated/α-hetero) is 1. The van der Waals surface area contributed by atoms with Gasteiger partial charge in [0.2, 0.25) is 0 Å². The number of hydrogen-bond acceptors (Lipinski definition) is 5. The fourth-order valence-electron chi connectivity index (χ4n) is 4.55. The molecule has 1 amide bonds. The minimum absolute atomic E-state index is 0.0475. The van der Waals surface area contributed by atoms with Gasteiger partial charge in [0.15, 0.2) is 17.4 Å². The molecule has 4 rings (SSSR count). The summed E-state index contributed by atoms with van der Waals surface area (Å²) in [7, 11) is 1.38. The SMILES string of the molecule is CCN(CC)c1ccc(C2/C(=C(\O)c3cc(Cl)c(OC)c(Cl)c3)C(=O)C(=O)N2c2ccc(F)c(F)c2)cc1. The largest absolute Gasteiger partial charge is 0.507 e. The van der Waals surface area contributed by atoms with Crippen LogP contribution in [-0.2, 0) is 9.59 Å². The highest BCUT2D eigenvalue weighted by molar-refractivity contribution is 6.51. The second-order valence-electron chi connectivity index (χ2n) is 8.50. The molecule has 38 heavy (non-hydrogen) atoms. The molecule has 10 heteroatoms. The topological polar surface area (TPSA) is 70.1 Å². The normalized spacial score (nSPS) is 16.7. The summed E-state index contributed by atoms with van der Waals surface area (Å²) in [4.78, 5) is 29.7. The van der Waals surface area contributed by atoms with Crippen LogP contribution in [-0.4, -0.2) is 37.0 Å². The Bertz CT molecular complexity index is 1420. The molecular weight excluding hydrogens is 537 g/mol. The molecule has 198 valence electrons. The number of aliphatic hydroxyl groups is 1. The summed E-state index contributed by atoms with van der Waals surface area (Å²) in [6, 6.07) is 11.6. The van der Waals surface area contributed by atoms with Gasteiger partial charge < -0.3 is 14.7 Å². The van der Waals surface area contributed by atoms with Crippen molar-refractivity contribution >= 4 is 52.0 Å². The number of carbonyl (C=O) groups excluding carboxylic acids is 2. The lowest BCUT2D eigenvalue weighted by atomic mass is 9.94. The molecule has 1 heterocycles. The lowest BCUT2D eigenvalue weighted by Gasteiger charge is -2.27. The summed E-state index contributed by atoms with van der Waals surface area (Å²) in [6.07, 6.45) is 0. The van der Waals surface area contributed by atoms with Crippen molar-refractivity contribution in [2.24, 2.45) is 0 Å². The van der Waals surface area contributed by atoms with Gasteiger partial charge in [-0.2, -0.15) is 0 Å². The molecule has 1 aliphatic heterocycles. The number of aliphatic hydroxyl groups excluding tert-OH is 1. The number of rotatable bonds is 7. The van der Waals surface area contributed by atoms with Gasteiger partial charge in [-0.1, -0.05) is 35.3 Å². The molecule has 1 fully saturated rings. The molecule has 6 nitrogen and oxygen atoms in total. The molecule has 3 aromatic rings. The van der Waals surface area contributed by atoms with Gasteiger partial charge in [-0.3, -0.25) is 14.5 Å². The zero-order valence-electron chi connectivity index (χ0n) is 20.8. The van der Waals surface area contributed by atoms with Crippen molar-refractivity contribution < 1.29 is 28.2 Å². The fourth-order valence-corrected chi connectivity index (χ4v) is 5.19. The number of ether oxygens (including phenoxy) is 1. The number of nitrogens with zero attached hydrogens (tertiary/aromatic N) is 2. The second-order valence-corrected chi connectivity index (χ2v) is 9.32. The quantitative estimate of drug-likeness (QED) is 0.196. The number of methoxy groups -OCH3 is 1. The van der Waals surface area contributed by atoms with Crippen molar-refractivity contribution in [3.8, 4) is 5.75 Å². The van der Waals surface area contributed by atoms with Gasteiger partial charge in [-0.15, -0.1) is 0 Å². The molecule has 0 aliphatic carbocycles. The molecule has 0 bridgehead atoms. The van der Waals surface area contributed by atoms with Crippen molar-refractivity contribution in [2.45, 2.75) is 19.9 Å². The molecule has 1 saturated heterocycles. The molecule has 0 radical (unpaired) electrons. The number of ketones is 1. The van der Waals surface area contributed by atoms with Crippen LogP contribution in [0.2, 0.25) is 10.0 Å². The van der Waals surface area contributed by atoms with Crippen LogP contribution in [0.1, 0.15) is 31.0 Å². The Hall–Kier alpha value is -3.62. The predicted molar refractivity (Wildman–Crippen MR) is 144 cm³/mol. The van der Waals surface area contributed by atoms with Gasteiger partial charge in [0.1, 0.15) is 5.76 Å². The number of amides is 1. The first kappa shape index (κ1) is 27.4. The zero-order chi connectivity index (χ0) is 27.7. The molecular formula is C28H24Cl2F2N2O4. The van der Waals surface area contributed by atoms with Crippen LogP contribution in [0.5, 0.6) is 5.75 Å². The van der Waals surface area contributed by atoms with Gasteiger partial charge in [0, 0.05) is 36.1 Å². The van der Waals surface area contributed by atoms with E-state index >= 15 is 0 Å². The molecule has 1 aliphatic rings. The van der Waals surface area contributed by atoms with Gasteiger partial charge >= 0.3 is 0 Å². The van der Waals surface area contributed by atoms with E-state index in [1.165, 1.54) is 25.3 Å². The van der Waals surface area contributed by atoms with E-state index in [1.807, 2.05) is 26.0 Å². The smallest absolute Gasteiger partial charge is 0.300 e. The van der Waals surface area contributed by atoms with Crippen molar-refractivity contribution in [2.75, 3.05) is 30.0 Å². The minimum atomic E-state index is -1.19. The van der Waals surface area contributed by atoms with E-state index in [9.17, 15) is 23.5 Å². The third-order valence-electron chi connectivity index (χ3n) is 6.44. The lowest BCUT2D eigenvalue weighted by molar-refractivity contribution is -0.132. The van der Waals surface area contributed by atoms with E-state index in [0.717, 1.165) is 35.8 Å². The van der Waals surface area contributed by atoms with Crippen molar-refractivity contribution in [3.63, 3.8) is 0 Å². The van der Waals surface area contributed by atoms with Crippen LogP contribution >= 0.6 is 23.2 Å². The van der Waals surface area contributed by atoms with Gasteiger partial charge in [-0.05, 0) is 55.8 Å². The molecule has 0 spiro atoms. The third-order valence-corrected chi connectivity index (χ3v) is 7.00. The number of hydrogen-bond donors (Lipinski definition) is 1. The average Bonchev–Trinajstić information content (AvgIpc) is 3.16. The Morgan fingerprint density at radius 3 is 2.11 bits per heavy atom. The Labute approximate surface area is 228 Å². The standard InChI is InChI=1S/C28H24Cl2F2N2O4/c1-4-33(5-2)17-8-6-15(7-9-17)24-23(25(35)16-12-19(29)27(38-3)20(30)13-16)26(36)28(37)34(24)18-10-11-21(31)22(32)14-18/h6-14,24,35H,4-5H2,1-3H3/b25-23+. The molecule has 1 atom stereocenters. The molecule has 1 N–H and O–H groups in total. The Kier molecular flexibility index (Phi) is 7.94. The minimum Gasteiger partial charge on any atom is -0.507 e. The van der Waals surface area contributed by atoms with Crippen LogP contribution in [0, 0.1) is 11.6 Å². The number of benzene rings is 3. The van der Waals surface area contributed by atoms with Crippen LogP contribution < -0.4 is 14.5 Å². The van der Waals surface area contributed by atoms with E-state index in [-0.39, 0.29) is 32.6 Å². The first-order chi connectivity index (χ1) is 18.1. The summed E-state index contributed by atoms with van der Waals surface area (Å²) < 4.78 is 33.0. The lowest BCUT2D eigenvalue weighted by Crippen LogP contribution is -2.29. The van der Waals surface area contributed by atoms with Crippen LogP contribution in [0.25, 0.3) is 5.76 Å². The molecule has 3 aromatic carbocycles.